The average molecular weight is 431 g/mol. The molecule has 2 aromatic heterocycles. The van der Waals surface area contributed by atoms with Crippen LogP contribution in [0.3, 0.4) is 0 Å². The van der Waals surface area contributed by atoms with Gasteiger partial charge in [-0.1, -0.05) is 6.07 Å². The number of rotatable bonds is 5. The second-order valence-electron chi connectivity index (χ2n) is 4.70. The Morgan fingerprint density at radius 1 is 1.30 bits per heavy atom. The molecule has 0 unspecified atom stereocenters. The number of pyridine rings is 1. The molecule has 0 fully saturated rings. The molecule has 2 N–H and O–H groups in total. The van der Waals surface area contributed by atoms with Gasteiger partial charge in [-0.2, -0.15) is 0 Å². The maximum Gasteiger partial charge on any atom is 0.218 e. The molecule has 0 spiro atoms. The van der Waals surface area contributed by atoms with Crippen molar-refractivity contribution in [3.63, 3.8) is 0 Å². The summed E-state index contributed by atoms with van der Waals surface area (Å²) in [6.45, 7) is 4.84. The van der Waals surface area contributed by atoms with Gasteiger partial charge in [-0.15, -0.1) is 24.0 Å². The van der Waals surface area contributed by atoms with Gasteiger partial charge in [0.05, 0.1) is 19.3 Å². The second kappa shape index (κ2) is 9.33. The molecule has 0 aliphatic carbocycles. The number of halogens is 1. The fourth-order valence-electron chi connectivity index (χ4n) is 1.92. The van der Waals surface area contributed by atoms with Crippen molar-refractivity contribution in [3.05, 3.63) is 41.2 Å². The van der Waals surface area contributed by atoms with Crippen molar-refractivity contribution in [3.8, 4) is 5.88 Å². The summed E-state index contributed by atoms with van der Waals surface area (Å²) in [4.78, 5) is 12.6. The highest BCUT2D eigenvalue weighted by molar-refractivity contribution is 14.0. The highest BCUT2D eigenvalue weighted by Crippen LogP contribution is 2.12. The van der Waals surface area contributed by atoms with Crippen molar-refractivity contribution in [2.24, 2.45) is 4.99 Å². The van der Waals surface area contributed by atoms with Crippen LogP contribution < -0.4 is 15.4 Å². The number of guanidine groups is 1. The van der Waals surface area contributed by atoms with Gasteiger partial charge in [0.15, 0.2) is 5.96 Å². The van der Waals surface area contributed by atoms with E-state index >= 15 is 0 Å². The number of ether oxygens (including phenoxy) is 1. The van der Waals surface area contributed by atoms with Gasteiger partial charge in [0.1, 0.15) is 5.76 Å². The number of aliphatic imine (C=N–C) groups is 1. The maximum absolute atomic E-state index is 5.52. The van der Waals surface area contributed by atoms with E-state index in [1.807, 2.05) is 26.0 Å². The summed E-state index contributed by atoms with van der Waals surface area (Å²) >= 11 is 0. The minimum atomic E-state index is 0. The first-order valence-corrected chi connectivity index (χ1v) is 6.99. The number of oxazole rings is 1. The zero-order chi connectivity index (χ0) is 15.9. The summed E-state index contributed by atoms with van der Waals surface area (Å²) in [5.41, 5.74) is 1.86. The van der Waals surface area contributed by atoms with Gasteiger partial charge in [-0.05, 0) is 19.9 Å². The van der Waals surface area contributed by atoms with E-state index in [9.17, 15) is 0 Å². The van der Waals surface area contributed by atoms with Crippen molar-refractivity contribution in [2.75, 3.05) is 14.2 Å². The highest BCUT2D eigenvalue weighted by atomic mass is 127. The first kappa shape index (κ1) is 19.2. The van der Waals surface area contributed by atoms with Crippen LogP contribution in [-0.2, 0) is 13.1 Å². The molecular formula is C15H22IN5O2. The Bertz CT molecular complexity index is 638. The lowest BCUT2D eigenvalue weighted by Crippen LogP contribution is -2.36. The third kappa shape index (κ3) is 5.38. The van der Waals surface area contributed by atoms with Gasteiger partial charge in [0.2, 0.25) is 11.8 Å². The molecule has 2 heterocycles. The van der Waals surface area contributed by atoms with Gasteiger partial charge in [0, 0.05) is 25.4 Å². The predicted molar refractivity (Wildman–Crippen MR) is 99.2 cm³/mol. The molecule has 0 aliphatic rings. The van der Waals surface area contributed by atoms with E-state index in [2.05, 4.69) is 25.6 Å². The summed E-state index contributed by atoms with van der Waals surface area (Å²) in [5, 5.41) is 6.36. The van der Waals surface area contributed by atoms with Crippen LogP contribution in [0.4, 0.5) is 0 Å². The van der Waals surface area contributed by atoms with E-state index in [4.69, 9.17) is 9.15 Å². The quantitative estimate of drug-likeness (QED) is 0.429. The number of aromatic nitrogens is 2. The monoisotopic (exact) mass is 431 g/mol. The van der Waals surface area contributed by atoms with Gasteiger partial charge < -0.3 is 19.8 Å². The molecule has 0 radical (unpaired) electrons. The van der Waals surface area contributed by atoms with E-state index < -0.39 is 0 Å². The van der Waals surface area contributed by atoms with Gasteiger partial charge in [-0.3, -0.25) is 4.99 Å². The van der Waals surface area contributed by atoms with Crippen molar-refractivity contribution in [2.45, 2.75) is 26.9 Å². The smallest absolute Gasteiger partial charge is 0.218 e. The number of methoxy groups -OCH3 is 1. The average Bonchev–Trinajstić information content (AvgIpc) is 2.86. The lowest BCUT2D eigenvalue weighted by atomic mass is 10.3. The summed E-state index contributed by atoms with van der Waals surface area (Å²) in [6.07, 6.45) is 1.70. The van der Waals surface area contributed by atoms with Crippen LogP contribution in [0.1, 0.15) is 22.9 Å². The number of hydrogen-bond acceptors (Lipinski definition) is 5. The zero-order valence-corrected chi connectivity index (χ0v) is 16.0. The van der Waals surface area contributed by atoms with E-state index in [0.717, 1.165) is 17.0 Å². The molecule has 2 aromatic rings. The Balaban J connectivity index is 0.00000264. The van der Waals surface area contributed by atoms with Gasteiger partial charge in [0.25, 0.3) is 0 Å². The Morgan fingerprint density at radius 3 is 2.65 bits per heavy atom. The van der Waals surface area contributed by atoms with Crippen molar-refractivity contribution >= 4 is 29.9 Å². The van der Waals surface area contributed by atoms with Crippen LogP contribution in [0.2, 0.25) is 0 Å². The van der Waals surface area contributed by atoms with Crippen LogP contribution >= 0.6 is 24.0 Å². The Morgan fingerprint density at radius 2 is 2.04 bits per heavy atom. The van der Waals surface area contributed by atoms with Crippen molar-refractivity contribution in [1.29, 1.82) is 0 Å². The number of nitrogens with one attached hydrogen (secondary N) is 2. The third-order valence-corrected chi connectivity index (χ3v) is 3.19. The molecule has 0 saturated heterocycles. The van der Waals surface area contributed by atoms with Crippen LogP contribution in [-0.4, -0.2) is 30.1 Å². The van der Waals surface area contributed by atoms with E-state index in [0.29, 0.717) is 30.8 Å². The summed E-state index contributed by atoms with van der Waals surface area (Å²) in [5.74, 6) is 2.72. The first-order valence-electron chi connectivity index (χ1n) is 6.99. The van der Waals surface area contributed by atoms with Crippen molar-refractivity contribution < 1.29 is 9.15 Å². The first-order chi connectivity index (χ1) is 10.6. The van der Waals surface area contributed by atoms with Crippen molar-refractivity contribution in [1.82, 2.24) is 20.6 Å². The van der Waals surface area contributed by atoms with Crippen LogP contribution in [0.5, 0.6) is 5.88 Å². The molecule has 0 aliphatic heterocycles. The van der Waals surface area contributed by atoms with Crippen LogP contribution in [0.15, 0.2) is 27.7 Å². The fraction of sp³-hybridized carbons (Fsp3) is 0.400. The summed E-state index contributed by atoms with van der Waals surface area (Å²) in [7, 11) is 3.31. The molecule has 23 heavy (non-hydrogen) atoms. The lowest BCUT2D eigenvalue weighted by Gasteiger charge is -2.12. The third-order valence-electron chi connectivity index (χ3n) is 3.19. The van der Waals surface area contributed by atoms with Gasteiger partial charge >= 0.3 is 0 Å². The number of hydrogen-bond donors (Lipinski definition) is 2. The standard InChI is InChI=1S/C15H21N5O2.HI/c1-10-11(2)22-13(20-10)9-19-15(16-3)18-8-12-6-5-7-17-14(12)21-4;/h5-7H,8-9H2,1-4H3,(H2,16,18,19);1H. The molecule has 7 nitrogen and oxygen atoms in total. The Kier molecular flexibility index (Phi) is 7.79. The van der Waals surface area contributed by atoms with Gasteiger partial charge in [-0.25, -0.2) is 9.97 Å². The summed E-state index contributed by atoms with van der Waals surface area (Å²) < 4.78 is 10.7. The Labute approximate surface area is 153 Å². The molecule has 2 rings (SSSR count). The van der Waals surface area contributed by atoms with Crippen LogP contribution in [0, 0.1) is 13.8 Å². The molecule has 126 valence electrons. The number of nitrogens with zero attached hydrogens (tertiary/aromatic N) is 3. The largest absolute Gasteiger partial charge is 0.481 e. The molecule has 0 amide bonds. The molecular weight excluding hydrogens is 409 g/mol. The second-order valence-corrected chi connectivity index (χ2v) is 4.70. The Hall–Kier alpha value is -1.84. The minimum absolute atomic E-state index is 0. The highest BCUT2D eigenvalue weighted by Gasteiger charge is 2.07. The van der Waals surface area contributed by atoms with E-state index in [-0.39, 0.29) is 24.0 Å². The normalized spacial score (nSPS) is 10.9. The van der Waals surface area contributed by atoms with E-state index in [1.165, 1.54) is 0 Å². The molecule has 0 saturated carbocycles. The fourth-order valence-corrected chi connectivity index (χ4v) is 1.92. The van der Waals surface area contributed by atoms with Crippen LogP contribution in [0.25, 0.3) is 0 Å². The summed E-state index contributed by atoms with van der Waals surface area (Å²) in [6, 6.07) is 3.82. The zero-order valence-electron chi connectivity index (χ0n) is 13.7. The lowest BCUT2D eigenvalue weighted by molar-refractivity contribution is 0.392. The molecule has 0 aromatic carbocycles. The van der Waals surface area contributed by atoms with E-state index in [1.54, 1.807) is 20.4 Å². The maximum atomic E-state index is 5.52. The number of aryl methyl sites for hydroxylation is 2. The molecule has 0 bridgehead atoms. The molecule has 0 atom stereocenters. The topological polar surface area (TPSA) is 84.6 Å². The minimum Gasteiger partial charge on any atom is -0.481 e. The molecule has 8 heteroatoms. The SMILES string of the molecule is CN=C(NCc1nc(C)c(C)o1)NCc1cccnc1OC.I. The predicted octanol–water partition coefficient (Wildman–Crippen LogP) is 2.18.